The predicted molar refractivity (Wildman–Crippen MR) is 148 cm³/mol. The van der Waals surface area contributed by atoms with Gasteiger partial charge in [0, 0.05) is 11.3 Å². The lowest BCUT2D eigenvalue weighted by Gasteiger charge is -2.14. The maximum Gasteiger partial charge on any atom is 0.418 e. The number of aromatic nitrogens is 3. The van der Waals surface area contributed by atoms with E-state index in [9.17, 15) is 22.8 Å². The van der Waals surface area contributed by atoms with Gasteiger partial charge in [0.05, 0.1) is 37.8 Å². The molecule has 0 aliphatic carbocycles. The van der Waals surface area contributed by atoms with Crippen molar-refractivity contribution in [3.05, 3.63) is 89.2 Å². The van der Waals surface area contributed by atoms with Crippen molar-refractivity contribution in [3.8, 4) is 17.2 Å². The first-order chi connectivity index (χ1) is 19.6. The molecule has 13 heteroatoms. The number of carbonyl (C=O) groups is 2. The van der Waals surface area contributed by atoms with E-state index in [0.717, 1.165) is 23.4 Å². The van der Waals surface area contributed by atoms with Gasteiger partial charge in [-0.05, 0) is 55.0 Å². The molecule has 3 aromatic carbocycles. The van der Waals surface area contributed by atoms with E-state index in [0.29, 0.717) is 33.7 Å². The fourth-order valence-electron chi connectivity index (χ4n) is 3.93. The number of para-hydroxylation sites is 1. The first-order valence-corrected chi connectivity index (χ1v) is 13.2. The maximum atomic E-state index is 13.3. The Labute approximate surface area is 238 Å². The van der Waals surface area contributed by atoms with Crippen molar-refractivity contribution in [2.45, 2.75) is 24.8 Å². The lowest BCUT2D eigenvalue weighted by atomic mass is 10.1. The van der Waals surface area contributed by atoms with Gasteiger partial charge in [0.1, 0.15) is 0 Å². The van der Waals surface area contributed by atoms with E-state index in [1.54, 1.807) is 22.8 Å². The number of halogens is 3. The van der Waals surface area contributed by atoms with Crippen LogP contribution in [0.1, 0.15) is 27.3 Å². The number of amides is 2. The highest BCUT2D eigenvalue weighted by atomic mass is 32.2. The average Bonchev–Trinajstić information content (AvgIpc) is 3.36. The third-order valence-electron chi connectivity index (χ3n) is 5.85. The second-order valence-electron chi connectivity index (χ2n) is 8.71. The Bertz CT molecular complexity index is 1560. The molecule has 4 aromatic rings. The van der Waals surface area contributed by atoms with Crippen molar-refractivity contribution in [2.75, 3.05) is 25.3 Å². The van der Waals surface area contributed by atoms with E-state index in [-0.39, 0.29) is 23.9 Å². The molecule has 4 rings (SSSR count). The number of hydrogen-bond acceptors (Lipinski definition) is 7. The van der Waals surface area contributed by atoms with Gasteiger partial charge in [0.15, 0.2) is 22.5 Å². The molecule has 0 fully saturated rings. The van der Waals surface area contributed by atoms with Crippen LogP contribution in [0.5, 0.6) is 11.5 Å². The van der Waals surface area contributed by atoms with Gasteiger partial charge in [0.25, 0.3) is 5.91 Å². The molecule has 0 spiro atoms. The van der Waals surface area contributed by atoms with Crippen LogP contribution in [0, 0.1) is 6.92 Å². The molecule has 0 radical (unpaired) electrons. The van der Waals surface area contributed by atoms with E-state index in [2.05, 4.69) is 20.8 Å². The lowest BCUT2D eigenvalue weighted by Crippen LogP contribution is -2.24. The van der Waals surface area contributed by atoms with Crippen LogP contribution >= 0.6 is 11.8 Å². The lowest BCUT2D eigenvalue weighted by molar-refractivity contribution is -0.137. The Hall–Kier alpha value is -4.52. The number of nitrogens with zero attached hydrogens (tertiary/aromatic N) is 3. The zero-order chi connectivity index (χ0) is 29.6. The SMILES string of the molecule is COc1ccc(C(=O)NCc2nnc(SCC(=O)Nc3ccccc3C(F)(F)F)n2-c2cccc(C)c2)cc1OC. The summed E-state index contributed by atoms with van der Waals surface area (Å²) in [5.74, 6) is 0.00710. The highest BCUT2D eigenvalue weighted by molar-refractivity contribution is 7.99. The standard InChI is InChI=1S/C28H26F3N5O4S/c1-17-7-6-8-19(13-17)36-24(15-32-26(38)18-11-12-22(39-2)23(14-18)40-3)34-35-27(36)41-16-25(37)33-21-10-5-4-9-20(21)28(29,30)31/h4-14H,15-16H2,1-3H3,(H,32,38)(H,33,37). The molecule has 214 valence electrons. The normalized spacial score (nSPS) is 11.2. The van der Waals surface area contributed by atoms with E-state index >= 15 is 0 Å². The smallest absolute Gasteiger partial charge is 0.418 e. The minimum Gasteiger partial charge on any atom is -0.493 e. The van der Waals surface area contributed by atoms with Crippen LogP contribution in [-0.2, 0) is 17.5 Å². The first-order valence-electron chi connectivity index (χ1n) is 12.2. The van der Waals surface area contributed by atoms with Crippen molar-refractivity contribution in [3.63, 3.8) is 0 Å². The van der Waals surface area contributed by atoms with Crippen molar-refractivity contribution >= 4 is 29.3 Å². The minimum absolute atomic E-state index is 0.000164. The van der Waals surface area contributed by atoms with Crippen molar-refractivity contribution < 1.29 is 32.2 Å². The first kappa shape index (κ1) is 29.5. The molecule has 0 aliphatic heterocycles. The number of ether oxygens (including phenoxy) is 2. The number of methoxy groups -OCH3 is 2. The summed E-state index contributed by atoms with van der Waals surface area (Å²) in [4.78, 5) is 25.5. The van der Waals surface area contributed by atoms with E-state index in [4.69, 9.17) is 9.47 Å². The fraction of sp³-hybridized carbons (Fsp3) is 0.214. The Kier molecular flexibility index (Phi) is 9.17. The number of anilines is 1. The third-order valence-corrected chi connectivity index (χ3v) is 6.78. The molecule has 1 aromatic heterocycles. The summed E-state index contributed by atoms with van der Waals surface area (Å²) in [7, 11) is 2.97. The second-order valence-corrected chi connectivity index (χ2v) is 9.65. The minimum atomic E-state index is -4.61. The molecule has 0 saturated carbocycles. The van der Waals surface area contributed by atoms with Crippen LogP contribution in [0.3, 0.4) is 0 Å². The van der Waals surface area contributed by atoms with Crippen LogP contribution in [0.25, 0.3) is 5.69 Å². The number of nitrogens with one attached hydrogen (secondary N) is 2. The van der Waals surface area contributed by atoms with Gasteiger partial charge in [-0.25, -0.2) is 0 Å². The van der Waals surface area contributed by atoms with E-state index in [1.807, 2.05) is 31.2 Å². The van der Waals surface area contributed by atoms with Gasteiger partial charge in [-0.15, -0.1) is 10.2 Å². The summed E-state index contributed by atoms with van der Waals surface area (Å²) in [5.41, 5.74) is 0.720. The topological polar surface area (TPSA) is 107 Å². The van der Waals surface area contributed by atoms with Gasteiger partial charge in [-0.3, -0.25) is 14.2 Å². The summed E-state index contributed by atoms with van der Waals surface area (Å²) in [6.45, 7) is 1.91. The van der Waals surface area contributed by atoms with Crippen LogP contribution in [-0.4, -0.2) is 46.6 Å². The highest BCUT2D eigenvalue weighted by Gasteiger charge is 2.33. The molecule has 2 N–H and O–H groups in total. The Balaban J connectivity index is 1.52. The Morgan fingerprint density at radius 2 is 1.71 bits per heavy atom. The molecule has 0 bridgehead atoms. The monoisotopic (exact) mass is 585 g/mol. The molecule has 0 saturated heterocycles. The number of rotatable bonds is 10. The molecule has 0 unspecified atom stereocenters. The zero-order valence-electron chi connectivity index (χ0n) is 22.3. The third kappa shape index (κ3) is 7.17. The van der Waals surface area contributed by atoms with Crippen molar-refractivity contribution in [1.82, 2.24) is 20.1 Å². The van der Waals surface area contributed by atoms with Crippen LogP contribution < -0.4 is 20.1 Å². The molecule has 41 heavy (non-hydrogen) atoms. The van der Waals surface area contributed by atoms with Crippen molar-refractivity contribution in [2.24, 2.45) is 0 Å². The molecule has 9 nitrogen and oxygen atoms in total. The van der Waals surface area contributed by atoms with Crippen molar-refractivity contribution in [1.29, 1.82) is 0 Å². The Morgan fingerprint density at radius 1 is 0.951 bits per heavy atom. The quantitative estimate of drug-likeness (QED) is 0.244. The summed E-state index contributed by atoms with van der Waals surface area (Å²) in [6, 6.07) is 17.0. The fourth-order valence-corrected chi connectivity index (χ4v) is 4.70. The predicted octanol–water partition coefficient (Wildman–Crippen LogP) is 5.27. The molecule has 2 amide bonds. The van der Waals surface area contributed by atoms with E-state index in [1.165, 1.54) is 32.4 Å². The maximum absolute atomic E-state index is 13.3. The van der Waals surface area contributed by atoms with Gasteiger partial charge in [-0.1, -0.05) is 36.0 Å². The molecule has 1 heterocycles. The largest absolute Gasteiger partial charge is 0.493 e. The van der Waals surface area contributed by atoms with Gasteiger partial charge >= 0.3 is 6.18 Å². The number of aryl methyl sites for hydroxylation is 1. The number of thioether (sulfide) groups is 1. The summed E-state index contributed by atoms with van der Waals surface area (Å²) in [6.07, 6.45) is -4.61. The number of alkyl halides is 3. The van der Waals surface area contributed by atoms with Crippen LogP contribution in [0.4, 0.5) is 18.9 Å². The zero-order valence-corrected chi connectivity index (χ0v) is 23.1. The molecule has 0 atom stereocenters. The van der Waals surface area contributed by atoms with Gasteiger partial charge in [-0.2, -0.15) is 13.2 Å². The van der Waals surface area contributed by atoms with Gasteiger partial charge < -0.3 is 20.1 Å². The van der Waals surface area contributed by atoms with E-state index < -0.39 is 17.6 Å². The highest BCUT2D eigenvalue weighted by Crippen LogP contribution is 2.35. The Morgan fingerprint density at radius 3 is 2.41 bits per heavy atom. The van der Waals surface area contributed by atoms with Crippen LogP contribution in [0.2, 0.25) is 0 Å². The summed E-state index contributed by atoms with van der Waals surface area (Å²) >= 11 is 1.00. The molecular formula is C28H26F3N5O4S. The molecule has 0 aliphatic rings. The molecular weight excluding hydrogens is 559 g/mol. The summed E-state index contributed by atoms with van der Waals surface area (Å²) in [5, 5.41) is 13.9. The number of hydrogen-bond donors (Lipinski definition) is 2. The average molecular weight is 586 g/mol. The second kappa shape index (κ2) is 12.8. The summed E-state index contributed by atoms with van der Waals surface area (Å²) < 4.78 is 52.1. The van der Waals surface area contributed by atoms with Gasteiger partial charge in [0.2, 0.25) is 5.91 Å². The van der Waals surface area contributed by atoms with Crippen LogP contribution in [0.15, 0.2) is 71.9 Å². The number of benzene rings is 3. The number of carbonyl (C=O) groups excluding carboxylic acids is 2.